The van der Waals surface area contributed by atoms with Crippen molar-refractivity contribution >= 4 is 0 Å². The molecule has 0 aliphatic carbocycles. The van der Waals surface area contributed by atoms with E-state index in [2.05, 4.69) is 31.0 Å². The van der Waals surface area contributed by atoms with Gasteiger partial charge in [-0.15, -0.1) is 0 Å². The van der Waals surface area contributed by atoms with Crippen molar-refractivity contribution in [3.05, 3.63) is 0 Å². The highest BCUT2D eigenvalue weighted by Crippen LogP contribution is 2.30. The van der Waals surface area contributed by atoms with E-state index >= 15 is 0 Å². The maximum atomic E-state index is 6.05. The predicted molar refractivity (Wildman–Crippen MR) is 62.1 cm³/mol. The van der Waals surface area contributed by atoms with Gasteiger partial charge in [0.05, 0.1) is 12.2 Å². The molecule has 0 bridgehead atoms. The summed E-state index contributed by atoms with van der Waals surface area (Å²) >= 11 is 0. The highest BCUT2D eigenvalue weighted by Gasteiger charge is 2.40. The fourth-order valence-corrected chi connectivity index (χ4v) is 2.60. The topological polar surface area (TPSA) is 24.5 Å². The van der Waals surface area contributed by atoms with Crippen molar-refractivity contribution in [2.75, 3.05) is 32.8 Å². The summed E-state index contributed by atoms with van der Waals surface area (Å²) in [5.41, 5.74) is 0.429. The monoisotopic (exact) mass is 212 g/mol. The molecule has 0 amide bonds. The minimum Gasteiger partial charge on any atom is -0.372 e. The second-order valence-electron chi connectivity index (χ2n) is 5.87. The Morgan fingerprint density at radius 3 is 2.47 bits per heavy atom. The molecule has 2 aliphatic rings. The average molecular weight is 212 g/mol. The molecule has 2 saturated heterocycles. The van der Waals surface area contributed by atoms with E-state index in [1.807, 2.05) is 0 Å². The Hall–Kier alpha value is -0.120. The first kappa shape index (κ1) is 11.4. The summed E-state index contributed by atoms with van der Waals surface area (Å²) in [6.07, 6.45) is 2.33. The summed E-state index contributed by atoms with van der Waals surface area (Å²) in [4.78, 5) is 2.57. The smallest absolute Gasteiger partial charge is 0.0833 e. The SMILES string of the molecule is CC(C)(C)N1CCOC2(CCNCC2)C1. The van der Waals surface area contributed by atoms with Crippen LogP contribution in [0.25, 0.3) is 0 Å². The molecule has 2 aliphatic heterocycles. The lowest BCUT2D eigenvalue weighted by atomic mass is 9.88. The first-order chi connectivity index (χ1) is 7.02. The molecule has 1 N–H and O–H groups in total. The third-order valence-corrected chi connectivity index (χ3v) is 3.71. The molecule has 2 fully saturated rings. The Kier molecular flexibility index (Phi) is 3.06. The van der Waals surface area contributed by atoms with Crippen molar-refractivity contribution < 1.29 is 4.74 Å². The van der Waals surface area contributed by atoms with Crippen molar-refractivity contribution in [1.29, 1.82) is 0 Å². The van der Waals surface area contributed by atoms with E-state index in [-0.39, 0.29) is 11.1 Å². The second kappa shape index (κ2) is 4.04. The Morgan fingerprint density at radius 2 is 1.87 bits per heavy atom. The molecule has 3 heteroatoms. The first-order valence-electron chi connectivity index (χ1n) is 6.12. The maximum Gasteiger partial charge on any atom is 0.0833 e. The molecule has 0 aromatic carbocycles. The zero-order valence-electron chi connectivity index (χ0n) is 10.3. The molecule has 0 atom stereocenters. The molecule has 0 aromatic rings. The fraction of sp³-hybridized carbons (Fsp3) is 1.00. The number of rotatable bonds is 0. The summed E-state index contributed by atoms with van der Waals surface area (Å²) in [5.74, 6) is 0. The average Bonchev–Trinajstić information content (AvgIpc) is 2.18. The van der Waals surface area contributed by atoms with Crippen molar-refractivity contribution in [3.63, 3.8) is 0 Å². The zero-order chi connectivity index (χ0) is 10.9. The number of hydrogen-bond donors (Lipinski definition) is 1. The van der Waals surface area contributed by atoms with Gasteiger partial charge in [-0.3, -0.25) is 4.90 Å². The zero-order valence-corrected chi connectivity index (χ0v) is 10.3. The van der Waals surface area contributed by atoms with Gasteiger partial charge in [0.1, 0.15) is 0 Å². The van der Waals surface area contributed by atoms with E-state index in [0.717, 1.165) is 32.8 Å². The number of nitrogens with zero attached hydrogens (tertiary/aromatic N) is 1. The van der Waals surface area contributed by atoms with Gasteiger partial charge in [-0.1, -0.05) is 0 Å². The Bertz CT molecular complexity index is 211. The molecule has 1 spiro atoms. The highest BCUT2D eigenvalue weighted by atomic mass is 16.5. The van der Waals surface area contributed by atoms with Gasteiger partial charge < -0.3 is 10.1 Å². The highest BCUT2D eigenvalue weighted by molar-refractivity contribution is 4.94. The van der Waals surface area contributed by atoms with Crippen molar-refractivity contribution in [2.24, 2.45) is 0 Å². The molecule has 2 heterocycles. The van der Waals surface area contributed by atoms with Gasteiger partial charge >= 0.3 is 0 Å². The summed E-state index contributed by atoms with van der Waals surface area (Å²) in [7, 11) is 0. The third kappa shape index (κ3) is 2.52. The lowest BCUT2D eigenvalue weighted by molar-refractivity contribution is -0.140. The molecule has 2 rings (SSSR count). The first-order valence-corrected chi connectivity index (χ1v) is 6.12. The Morgan fingerprint density at radius 1 is 1.20 bits per heavy atom. The van der Waals surface area contributed by atoms with Crippen LogP contribution in [-0.2, 0) is 4.74 Å². The number of piperidine rings is 1. The largest absolute Gasteiger partial charge is 0.372 e. The number of ether oxygens (including phenoxy) is 1. The summed E-state index contributed by atoms with van der Waals surface area (Å²) in [6, 6.07) is 0. The number of nitrogens with one attached hydrogen (secondary N) is 1. The van der Waals surface area contributed by atoms with Crippen molar-refractivity contribution in [1.82, 2.24) is 10.2 Å². The molecular weight excluding hydrogens is 188 g/mol. The summed E-state index contributed by atoms with van der Waals surface area (Å²) < 4.78 is 6.05. The van der Waals surface area contributed by atoms with Gasteiger partial charge in [-0.25, -0.2) is 0 Å². The number of hydrogen-bond acceptors (Lipinski definition) is 3. The number of morpholine rings is 1. The minimum atomic E-state index is 0.150. The lowest BCUT2D eigenvalue weighted by Gasteiger charge is -2.49. The van der Waals surface area contributed by atoms with E-state index in [4.69, 9.17) is 4.74 Å². The molecule has 15 heavy (non-hydrogen) atoms. The van der Waals surface area contributed by atoms with Crippen LogP contribution in [0.3, 0.4) is 0 Å². The van der Waals surface area contributed by atoms with Crippen LogP contribution in [0.15, 0.2) is 0 Å². The molecule has 0 unspecified atom stereocenters. The second-order valence-corrected chi connectivity index (χ2v) is 5.87. The predicted octanol–water partition coefficient (Wildman–Crippen LogP) is 1.24. The van der Waals surface area contributed by atoms with Crippen molar-refractivity contribution in [2.45, 2.75) is 44.8 Å². The normalized spacial score (nSPS) is 28.2. The van der Waals surface area contributed by atoms with Crippen LogP contribution in [-0.4, -0.2) is 48.8 Å². The van der Waals surface area contributed by atoms with Gasteiger partial charge in [0, 0.05) is 18.6 Å². The fourth-order valence-electron chi connectivity index (χ4n) is 2.60. The molecule has 0 aromatic heterocycles. The van der Waals surface area contributed by atoms with Gasteiger partial charge in [0.15, 0.2) is 0 Å². The van der Waals surface area contributed by atoms with Crippen molar-refractivity contribution in [3.8, 4) is 0 Å². The van der Waals surface area contributed by atoms with Gasteiger partial charge in [0.25, 0.3) is 0 Å². The van der Waals surface area contributed by atoms with Gasteiger partial charge in [0.2, 0.25) is 0 Å². The molecule has 0 saturated carbocycles. The van der Waals surface area contributed by atoms with Crippen LogP contribution in [0, 0.1) is 0 Å². The Balaban J connectivity index is 2.02. The quantitative estimate of drug-likeness (QED) is 0.654. The van der Waals surface area contributed by atoms with Gasteiger partial charge in [-0.2, -0.15) is 0 Å². The third-order valence-electron chi connectivity index (χ3n) is 3.71. The van der Waals surface area contributed by atoms with Crippen LogP contribution >= 0.6 is 0 Å². The maximum absolute atomic E-state index is 6.05. The van der Waals surface area contributed by atoms with Crippen LogP contribution in [0.2, 0.25) is 0 Å². The lowest BCUT2D eigenvalue weighted by Crippen LogP contribution is -2.60. The van der Waals surface area contributed by atoms with E-state index in [1.54, 1.807) is 0 Å². The molecular formula is C12H24N2O. The molecule has 0 radical (unpaired) electrons. The van der Waals surface area contributed by atoms with E-state index in [9.17, 15) is 0 Å². The molecule has 88 valence electrons. The van der Waals surface area contributed by atoms with E-state index in [1.165, 1.54) is 12.8 Å². The van der Waals surface area contributed by atoms with Crippen LogP contribution in [0.5, 0.6) is 0 Å². The van der Waals surface area contributed by atoms with Crippen LogP contribution in [0.1, 0.15) is 33.6 Å². The van der Waals surface area contributed by atoms with Crippen LogP contribution in [0.4, 0.5) is 0 Å². The minimum absolute atomic E-state index is 0.150. The summed E-state index contributed by atoms with van der Waals surface area (Å²) in [6.45, 7) is 12.2. The Labute approximate surface area is 93.2 Å². The van der Waals surface area contributed by atoms with Gasteiger partial charge in [-0.05, 0) is 46.7 Å². The van der Waals surface area contributed by atoms with E-state index in [0.29, 0.717) is 0 Å². The standard InChI is InChI=1S/C12H24N2O/c1-11(2,3)14-8-9-15-12(10-14)4-6-13-7-5-12/h13H,4-10H2,1-3H3. The van der Waals surface area contributed by atoms with E-state index < -0.39 is 0 Å². The molecule has 3 nitrogen and oxygen atoms in total. The summed E-state index contributed by atoms with van der Waals surface area (Å²) in [5, 5.41) is 3.41. The van der Waals surface area contributed by atoms with Crippen LogP contribution < -0.4 is 5.32 Å².